The van der Waals surface area contributed by atoms with Crippen molar-refractivity contribution in [2.75, 3.05) is 6.54 Å². The van der Waals surface area contributed by atoms with Gasteiger partial charge < -0.3 is 20.9 Å². The first-order valence-corrected chi connectivity index (χ1v) is 5.82. The number of carbonyl (C=O) groups is 2. The normalized spacial score (nSPS) is 18.8. The molecule has 4 N–H and O–H groups in total. The Balaban J connectivity index is 2.49. The van der Waals surface area contributed by atoms with Gasteiger partial charge in [-0.1, -0.05) is 0 Å². The van der Waals surface area contributed by atoms with Crippen LogP contribution in [0.2, 0.25) is 0 Å². The summed E-state index contributed by atoms with van der Waals surface area (Å²) in [4.78, 5) is 23.5. The van der Waals surface area contributed by atoms with Crippen LogP contribution in [0.25, 0.3) is 0 Å². The van der Waals surface area contributed by atoms with Crippen LogP contribution in [-0.4, -0.2) is 34.1 Å². The van der Waals surface area contributed by atoms with E-state index < -0.39 is 30.6 Å². The van der Waals surface area contributed by atoms with Crippen molar-refractivity contribution in [2.24, 2.45) is 11.5 Å². The van der Waals surface area contributed by atoms with Crippen molar-refractivity contribution in [3.05, 3.63) is 23.5 Å². The van der Waals surface area contributed by atoms with Crippen molar-refractivity contribution >= 4 is 11.9 Å². The van der Waals surface area contributed by atoms with Gasteiger partial charge in [0.05, 0.1) is 23.7 Å². The molecule has 0 fully saturated rings. The highest BCUT2D eigenvalue weighted by Gasteiger charge is 2.41. The van der Waals surface area contributed by atoms with Crippen molar-refractivity contribution < 1.29 is 22.8 Å². The highest BCUT2D eigenvalue weighted by atomic mass is 19.4. The number of primary amides is 2. The number of alkyl halides is 3. The van der Waals surface area contributed by atoms with E-state index in [1.807, 2.05) is 0 Å². The Labute approximate surface area is 112 Å². The van der Waals surface area contributed by atoms with E-state index in [1.165, 1.54) is 16.8 Å². The summed E-state index contributed by atoms with van der Waals surface area (Å²) < 4.78 is 39.6. The van der Waals surface area contributed by atoms with Gasteiger partial charge in [-0.05, 0) is 6.07 Å². The lowest BCUT2D eigenvalue weighted by Crippen LogP contribution is -2.46. The first-order valence-electron chi connectivity index (χ1n) is 5.82. The minimum Gasteiger partial charge on any atom is -0.366 e. The second-order valence-corrected chi connectivity index (χ2v) is 4.54. The third kappa shape index (κ3) is 2.56. The van der Waals surface area contributed by atoms with E-state index in [9.17, 15) is 22.8 Å². The number of urea groups is 1. The van der Waals surface area contributed by atoms with Crippen molar-refractivity contribution in [2.45, 2.75) is 25.2 Å². The first kappa shape index (κ1) is 14.2. The maximum Gasteiger partial charge on any atom is 0.391 e. The average Bonchev–Trinajstić information content (AvgIpc) is 2.70. The van der Waals surface area contributed by atoms with Crippen LogP contribution in [0.5, 0.6) is 0 Å². The Bertz CT molecular complexity index is 552. The van der Waals surface area contributed by atoms with Gasteiger partial charge in [-0.3, -0.25) is 4.79 Å². The van der Waals surface area contributed by atoms with Gasteiger partial charge in [0.15, 0.2) is 0 Å². The van der Waals surface area contributed by atoms with Gasteiger partial charge in [-0.15, -0.1) is 0 Å². The molecule has 1 atom stereocenters. The lowest BCUT2D eigenvalue weighted by molar-refractivity contribution is -0.147. The topological polar surface area (TPSA) is 94.3 Å². The molecule has 1 unspecified atom stereocenters. The smallest absolute Gasteiger partial charge is 0.366 e. The predicted octanol–water partition coefficient (Wildman–Crippen LogP) is 0.975. The Hall–Kier alpha value is -2.19. The van der Waals surface area contributed by atoms with Gasteiger partial charge in [0.1, 0.15) is 0 Å². The zero-order valence-electron chi connectivity index (χ0n) is 10.4. The number of hydrogen-bond acceptors (Lipinski definition) is 2. The van der Waals surface area contributed by atoms with Crippen molar-refractivity contribution in [1.29, 1.82) is 0 Å². The molecule has 0 aliphatic carbocycles. The van der Waals surface area contributed by atoms with Crippen molar-refractivity contribution in [3.63, 3.8) is 0 Å². The fourth-order valence-corrected chi connectivity index (χ4v) is 2.47. The lowest BCUT2D eigenvalue weighted by atomic mass is 10.0. The highest BCUT2D eigenvalue weighted by molar-refractivity contribution is 5.94. The summed E-state index contributed by atoms with van der Waals surface area (Å²) in [6, 6.07) is -0.938. The van der Waals surface area contributed by atoms with Gasteiger partial charge in [0, 0.05) is 19.3 Å². The van der Waals surface area contributed by atoms with Gasteiger partial charge in [-0.25, -0.2) is 4.79 Å². The first-order chi connectivity index (χ1) is 9.20. The van der Waals surface area contributed by atoms with E-state index in [1.54, 1.807) is 0 Å². The van der Waals surface area contributed by atoms with Crippen LogP contribution in [0.3, 0.4) is 0 Å². The molecule has 0 radical (unpaired) electrons. The minimum atomic E-state index is -4.50. The third-order valence-corrected chi connectivity index (χ3v) is 3.25. The number of nitrogens with two attached hydrogens (primary N) is 2. The Morgan fingerprint density at radius 2 is 1.95 bits per heavy atom. The Morgan fingerprint density at radius 1 is 1.30 bits per heavy atom. The Morgan fingerprint density at radius 3 is 2.45 bits per heavy atom. The SMILES string of the molecule is NC(=O)c1ccn2c1C(CC(F)(F)F)N(C(N)=O)CC2. The summed E-state index contributed by atoms with van der Waals surface area (Å²) in [5.74, 6) is -0.836. The summed E-state index contributed by atoms with van der Waals surface area (Å²) in [5, 5.41) is 0. The maximum atomic E-state index is 12.7. The lowest BCUT2D eigenvalue weighted by Gasteiger charge is -2.36. The number of aromatic nitrogens is 1. The molecular weight excluding hydrogens is 277 g/mol. The number of halogens is 3. The van der Waals surface area contributed by atoms with Crippen LogP contribution < -0.4 is 11.5 Å². The predicted molar refractivity (Wildman–Crippen MR) is 62.7 cm³/mol. The number of carbonyl (C=O) groups excluding carboxylic acids is 2. The highest BCUT2D eigenvalue weighted by Crippen LogP contribution is 2.37. The van der Waals surface area contributed by atoms with E-state index in [-0.39, 0.29) is 24.3 Å². The number of hydrogen-bond donors (Lipinski definition) is 2. The molecule has 6 nitrogen and oxygen atoms in total. The average molecular weight is 290 g/mol. The van der Waals surface area contributed by atoms with E-state index in [4.69, 9.17) is 11.5 Å². The Kier molecular flexibility index (Phi) is 3.36. The molecule has 9 heteroatoms. The summed E-state index contributed by atoms with van der Waals surface area (Å²) in [6.07, 6.45) is -4.29. The molecule has 1 aromatic heterocycles. The fraction of sp³-hybridized carbons (Fsp3) is 0.455. The summed E-state index contributed by atoms with van der Waals surface area (Å²) in [7, 11) is 0. The molecule has 20 heavy (non-hydrogen) atoms. The number of rotatable bonds is 2. The molecular formula is C11H13F3N4O2. The zero-order valence-corrected chi connectivity index (χ0v) is 10.4. The van der Waals surface area contributed by atoms with Crippen LogP contribution in [-0.2, 0) is 6.54 Å². The van der Waals surface area contributed by atoms with Crippen LogP contribution in [0.1, 0.15) is 28.5 Å². The maximum absolute atomic E-state index is 12.7. The number of amides is 3. The second kappa shape index (κ2) is 4.73. The molecule has 1 aliphatic heterocycles. The summed E-state index contributed by atoms with van der Waals surface area (Å²) >= 11 is 0. The molecule has 1 aromatic rings. The van der Waals surface area contributed by atoms with E-state index in [0.717, 1.165) is 4.90 Å². The molecule has 0 saturated heterocycles. The standard InChI is InChI=1S/C11H13F3N4O2/c12-11(13,14)5-7-8-6(9(15)19)1-2-17(8)3-4-18(7)10(16)20/h1-2,7H,3-5H2,(H2,15,19)(H2,16,20). The fourth-order valence-electron chi connectivity index (χ4n) is 2.47. The molecule has 3 amide bonds. The number of nitrogens with zero attached hydrogens (tertiary/aromatic N) is 2. The van der Waals surface area contributed by atoms with Gasteiger partial charge in [-0.2, -0.15) is 13.2 Å². The minimum absolute atomic E-state index is 0.0230. The van der Waals surface area contributed by atoms with Crippen LogP contribution in [0, 0.1) is 0 Å². The third-order valence-electron chi connectivity index (χ3n) is 3.25. The molecule has 0 aromatic carbocycles. The summed E-state index contributed by atoms with van der Waals surface area (Å²) in [6.45, 7) is 0.315. The van der Waals surface area contributed by atoms with Crippen LogP contribution in [0.15, 0.2) is 12.3 Å². The monoisotopic (exact) mass is 290 g/mol. The van der Waals surface area contributed by atoms with E-state index in [0.29, 0.717) is 0 Å². The van der Waals surface area contributed by atoms with Crippen molar-refractivity contribution in [1.82, 2.24) is 9.47 Å². The molecule has 2 rings (SSSR count). The quantitative estimate of drug-likeness (QED) is 0.849. The van der Waals surface area contributed by atoms with Gasteiger partial charge in [0.2, 0.25) is 0 Å². The number of fused-ring (bicyclic) bond motifs is 1. The molecule has 0 spiro atoms. The van der Waals surface area contributed by atoms with Crippen molar-refractivity contribution in [3.8, 4) is 0 Å². The second-order valence-electron chi connectivity index (χ2n) is 4.54. The largest absolute Gasteiger partial charge is 0.391 e. The zero-order chi connectivity index (χ0) is 15.1. The van der Waals surface area contributed by atoms with Crippen LogP contribution in [0.4, 0.5) is 18.0 Å². The van der Waals surface area contributed by atoms with E-state index >= 15 is 0 Å². The molecule has 110 valence electrons. The molecule has 2 heterocycles. The molecule has 0 saturated carbocycles. The van der Waals surface area contributed by atoms with Crippen LogP contribution >= 0.6 is 0 Å². The van der Waals surface area contributed by atoms with Gasteiger partial charge >= 0.3 is 12.2 Å². The van der Waals surface area contributed by atoms with Gasteiger partial charge in [0.25, 0.3) is 5.91 Å². The van der Waals surface area contributed by atoms with E-state index in [2.05, 4.69) is 0 Å². The molecule has 1 aliphatic rings. The summed E-state index contributed by atoms with van der Waals surface area (Å²) in [5.41, 5.74) is 10.3. The molecule has 0 bridgehead atoms.